The Morgan fingerprint density at radius 3 is 2.00 bits per heavy atom. The molecule has 0 heterocycles. The zero-order chi connectivity index (χ0) is 29.5. The van der Waals surface area contributed by atoms with Gasteiger partial charge in [0.2, 0.25) is 17.7 Å². The molecule has 1 aromatic rings. The van der Waals surface area contributed by atoms with Crippen LogP contribution in [0.3, 0.4) is 0 Å². The van der Waals surface area contributed by atoms with Crippen molar-refractivity contribution >= 4 is 35.6 Å². The second-order valence-corrected chi connectivity index (χ2v) is 8.86. The second-order valence-electron chi connectivity index (χ2n) is 8.86. The number of amides is 3. The molecule has 0 bridgehead atoms. The summed E-state index contributed by atoms with van der Waals surface area (Å²) in [5.41, 5.74) is 17.3. The van der Waals surface area contributed by atoms with E-state index in [9.17, 15) is 34.2 Å². The van der Waals surface area contributed by atoms with E-state index in [1.165, 1.54) is 6.92 Å². The molecule has 0 fully saturated rings. The first-order valence-electron chi connectivity index (χ1n) is 12.2. The topological polar surface area (TPSA) is 273 Å². The van der Waals surface area contributed by atoms with Crippen LogP contribution in [-0.4, -0.2) is 87.8 Å². The number of aliphatic hydroxyl groups excluding tert-OH is 1. The molecule has 12 N–H and O–H groups in total. The summed E-state index contributed by atoms with van der Waals surface area (Å²) in [5, 5.41) is 35.1. The van der Waals surface area contributed by atoms with E-state index in [1.807, 2.05) is 0 Å². The third-order valence-corrected chi connectivity index (χ3v) is 5.54. The zero-order valence-corrected chi connectivity index (χ0v) is 21.6. The van der Waals surface area contributed by atoms with E-state index in [0.29, 0.717) is 0 Å². The van der Waals surface area contributed by atoms with Crippen LogP contribution in [0.1, 0.15) is 38.2 Å². The van der Waals surface area contributed by atoms with Gasteiger partial charge < -0.3 is 48.5 Å². The molecule has 3 amide bonds. The summed E-state index contributed by atoms with van der Waals surface area (Å²) in [4.78, 5) is 65.0. The van der Waals surface area contributed by atoms with Crippen LogP contribution in [0, 0.1) is 0 Å². The van der Waals surface area contributed by atoms with Crippen LogP contribution >= 0.6 is 0 Å². The van der Waals surface area contributed by atoms with E-state index >= 15 is 0 Å². The Balaban J connectivity index is 3.05. The smallest absolute Gasteiger partial charge is 0.328 e. The molecule has 1 rings (SSSR count). The molecule has 216 valence electrons. The Hall–Kier alpha value is -4.24. The van der Waals surface area contributed by atoms with Gasteiger partial charge in [0.15, 0.2) is 12.0 Å². The molecule has 1 aromatic carbocycles. The van der Waals surface area contributed by atoms with Gasteiger partial charge in [-0.25, -0.2) is 4.79 Å². The fourth-order valence-corrected chi connectivity index (χ4v) is 3.46. The third kappa shape index (κ3) is 12.7. The number of carboxylic acids is 2. The van der Waals surface area contributed by atoms with Crippen LogP contribution in [-0.2, 0) is 30.4 Å². The van der Waals surface area contributed by atoms with Gasteiger partial charge in [-0.3, -0.25) is 24.2 Å². The fraction of sp³-hybridized carbons (Fsp3) is 0.500. The average molecular weight is 552 g/mol. The molecule has 0 aliphatic carbocycles. The first-order valence-corrected chi connectivity index (χ1v) is 12.2. The van der Waals surface area contributed by atoms with Crippen molar-refractivity contribution in [2.24, 2.45) is 22.2 Å². The number of hydrogen-bond acceptors (Lipinski definition) is 8. The lowest BCUT2D eigenvalue weighted by Gasteiger charge is -2.25. The molecule has 5 unspecified atom stereocenters. The average Bonchev–Trinajstić information content (AvgIpc) is 2.86. The molecule has 0 saturated carbocycles. The minimum Gasteiger partial charge on any atom is -0.481 e. The Labute approximate surface area is 225 Å². The number of aliphatic imine (C=N–C) groups is 1. The maximum absolute atomic E-state index is 13.1. The highest BCUT2D eigenvalue weighted by atomic mass is 16.4. The summed E-state index contributed by atoms with van der Waals surface area (Å²) in [7, 11) is 0. The number of benzene rings is 1. The van der Waals surface area contributed by atoms with Gasteiger partial charge in [0.05, 0.1) is 12.1 Å². The van der Waals surface area contributed by atoms with Crippen LogP contribution in [0.2, 0.25) is 0 Å². The van der Waals surface area contributed by atoms with Gasteiger partial charge in [0.25, 0.3) is 0 Å². The molecule has 39 heavy (non-hydrogen) atoms. The van der Waals surface area contributed by atoms with E-state index in [1.54, 1.807) is 30.3 Å². The third-order valence-electron chi connectivity index (χ3n) is 5.54. The van der Waals surface area contributed by atoms with Crippen molar-refractivity contribution in [2.45, 2.75) is 69.3 Å². The maximum atomic E-state index is 13.1. The van der Waals surface area contributed by atoms with Crippen LogP contribution in [0.5, 0.6) is 0 Å². The molecular weight excluding hydrogens is 514 g/mol. The molecule has 0 radical (unpaired) electrons. The van der Waals surface area contributed by atoms with E-state index in [4.69, 9.17) is 22.3 Å². The lowest BCUT2D eigenvalue weighted by atomic mass is 10.0. The summed E-state index contributed by atoms with van der Waals surface area (Å²) in [6.07, 6.45) is -1.93. The summed E-state index contributed by atoms with van der Waals surface area (Å²) in [6.45, 7) is 1.26. The summed E-state index contributed by atoms with van der Waals surface area (Å²) >= 11 is 0. The number of nitrogens with two attached hydrogens (primary N) is 3. The predicted octanol–water partition coefficient (Wildman–Crippen LogP) is -2.61. The standard InChI is InChI=1S/C24H37N7O8/c1-13(32)19(23(38)39)31-22(37)16(8-5-11-28-24(26)27)30-21(36)17(9-10-18(33)34)29-20(35)15(25)12-14-6-3-2-4-7-14/h2-4,6-7,13,15-17,19,32H,5,8-12,25H2,1H3,(H,29,35)(H,30,36)(H,31,37)(H,33,34)(H,38,39)(H4,26,27,28). The number of carboxylic acid groups (broad SMARTS) is 2. The lowest BCUT2D eigenvalue weighted by Crippen LogP contribution is -2.58. The Bertz CT molecular complexity index is 1010. The number of rotatable bonds is 17. The minimum absolute atomic E-state index is 0.0480. The Morgan fingerprint density at radius 1 is 0.897 bits per heavy atom. The van der Waals surface area contributed by atoms with Crippen molar-refractivity contribution in [3.63, 3.8) is 0 Å². The Kier molecular flexibility index (Phi) is 13.9. The number of aliphatic carboxylic acids is 2. The SMILES string of the molecule is CC(O)C(NC(=O)C(CCCN=C(N)N)NC(=O)C(CCC(=O)O)NC(=O)C(N)Cc1ccccc1)C(=O)O. The number of nitrogens with one attached hydrogen (secondary N) is 3. The van der Waals surface area contributed by atoms with Crippen molar-refractivity contribution in [1.29, 1.82) is 0 Å². The highest BCUT2D eigenvalue weighted by Crippen LogP contribution is 2.07. The lowest BCUT2D eigenvalue weighted by molar-refractivity contribution is -0.145. The Morgan fingerprint density at radius 2 is 1.46 bits per heavy atom. The summed E-state index contributed by atoms with van der Waals surface area (Å²) in [6, 6.07) is 3.48. The van der Waals surface area contributed by atoms with Gasteiger partial charge in [-0.15, -0.1) is 0 Å². The normalized spacial score (nSPS) is 14.5. The first-order chi connectivity index (χ1) is 18.3. The van der Waals surface area contributed by atoms with E-state index in [0.717, 1.165) is 5.56 Å². The van der Waals surface area contributed by atoms with Crippen molar-refractivity contribution in [3.8, 4) is 0 Å². The van der Waals surface area contributed by atoms with Crippen LogP contribution in [0.25, 0.3) is 0 Å². The van der Waals surface area contributed by atoms with Gasteiger partial charge in [0.1, 0.15) is 12.1 Å². The number of guanidine groups is 1. The van der Waals surface area contributed by atoms with Gasteiger partial charge >= 0.3 is 11.9 Å². The predicted molar refractivity (Wildman–Crippen MR) is 140 cm³/mol. The van der Waals surface area contributed by atoms with E-state index < -0.39 is 66.4 Å². The molecule has 0 aromatic heterocycles. The second kappa shape index (κ2) is 16.6. The summed E-state index contributed by atoms with van der Waals surface area (Å²) in [5.74, 6) is -5.43. The quantitative estimate of drug-likeness (QED) is 0.0549. The minimum atomic E-state index is -1.66. The number of hydrogen-bond donors (Lipinski definition) is 9. The van der Waals surface area contributed by atoms with Crippen molar-refractivity contribution in [2.75, 3.05) is 6.54 Å². The molecule has 0 saturated heterocycles. The number of carbonyl (C=O) groups is 5. The molecule has 0 aliphatic heterocycles. The van der Waals surface area contributed by atoms with Crippen LogP contribution < -0.4 is 33.2 Å². The first kappa shape index (κ1) is 32.8. The number of nitrogens with zero attached hydrogens (tertiary/aromatic N) is 1. The highest BCUT2D eigenvalue weighted by Gasteiger charge is 2.32. The highest BCUT2D eigenvalue weighted by molar-refractivity contribution is 5.94. The van der Waals surface area contributed by atoms with Crippen molar-refractivity contribution in [3.05, 3.63) is 35.9 Å². The van der Waals surface area contributed by atoms with Gasteiger partial charge in [0, 0.05) is 13.0 Å². The number of aliphatic hydroxyl groups is 1. The monoisotopic (exact) mass is 551 g/mol. The maximum Gasteiger partial charge on any atom is 0.328 e. The molecule has 5 atom stereocenters. The van der Waals surface area contributed by atoms with Crippen molar-refractivity contribution < 1.29 is 39.3 Å². The molecule has 15 nitrogen and oxygen atoms in total. The van der Waals surface area contributed by atoms with Gasteiger partial charge in [-0.1, -0.05) is 30.3 Å². The molecule has 0 aliphatic rings. The van der Waals surface area contributed by atoms with E-state index in [2.05, 4.69) is 20.9 Å². The molecule has 15 heteroatoms. The molecular formula is C24H37N7O8. The fourth-order valence-electron chi connectivity index (χ4n) is 3.46. The van der Waals surface area contributed by atoms with Gasteiger partial charge in [-0.05, 0) is 38.2 Å². The summed E-state index contributed by atoms with van der Waals surface area (Å²) < 4.78 is 0. The number of carbonyl (C=O) groups excluding carboxylic acids is 3. The van der Waals surface area contributed by atoms with E-state index in [-0.39, 0.29) is 38.2 Å². The molecule has 0 spiro atoms. The van der Waals surface area contributed by atoms with Gasteiger partial charge in [-0.2, -0.15) is 0 Å². The largest absolute Gasteiger partial charge is 0.481 e. The van der Waals surface area contributed by atoms with Crippen molar-refractivity contribution in [1.82, 2.24) is 16.0 Å². The van der Waals surface area contributed by atoms with Crippen LogP contribution in [0.15, 0.2) is 35.3 Å². The zero-order valence-electron chi connectivity index (χ0n) is 21.6. The van der Waals surface area contributed by atoms with Crippen LogP contribution in [0.4, 0.5) is 0 Å².